The van der Waals surface area contributed by atoms with Crippen LogP contribution in [-0.2, 0) is 16.8 Å². The Morgan fingerprint density at radius 3 is 3.00 bits per heavy atom. The summed E-state index contributed by atoms with van der Waals surface area (Å²) in [5, 5.41) is 3.16. The van der Waals surface area contributed by atoms with Crippen molar-refractivity contribution in [2.45, 2.75) is 24.8 Å². The molecule has 86 valence electrons. The summed E-state index contributed by atoms with van der Waals surface area (Å²) in [6.07, 6.45) is 1.81. The SMILES string of the molecule is CNC1(CC(N)=O)CCc2cc(F)ccc21. The number of benzene rings is 1. The number of primary amides is 1. The standard InChI is InChI=1S/C12H15FN2O/c1-15-12(7-11(14)16)5-4-8-6-9(13)2-3-10(8)12/h2-3,6,15H,4-5,7H2,1H3,(H2,14,16). The minimum Gasteiger partial charge on any atom is -0.370 e. The lowest BCUT2D eigenvalue weighted by molar-refractivity contribution is -0.119. The highest BCUT2D eigenvalue weighted by Crippen LogP contribution is 2.39. The van der Waals surface area contributed by atoms with Gasteiger partial charge in [-0.3, -0.25) is 4.79 Å². The summed E-state index contributed by atoms with van der Waals surface area (Å²) in [5.41, 5.74) is 6.82. The second-order valence-electron chi connectivity index (χ2n) is 4.28. The zero-order valence-corrected chi connectivity index (χ0v) is 9.22. The number of halogens is 1. The molecule has 0 spiro atoms. The van der Waals surface area contributed by atoms with E-state index in [4.69, 9.17) is 5.73 Å². The molecule has 4 heteroatoms. The molecule has 0 radical (unpaired) electrons. The molecule has 3 N–H and O–H groups in total. The van der Waals surface area contributed by atoms with Gasteiger partial charge in [0.05, 0.1) is 5.54 Å². The molecule has 1 aromatic rings. The van der Waals surface area contributed by atoms with Crippen molar-refractivity contribution in [3.05, 3.63) is 35.1 Å². The topological polar surface area (TPSA) is 55.1 Å². The number of nitrogens with one attached hydrogen (secondary N) is 1. The normalized spacial score (nSPS) is 23.1. The predicted molar refractivity (Wildman–Crippen MR) is 59.3 cm³/mol. The Bertz CT molecular complexity index is 433. The van der Waals surface area contributed by atoms with Gasteiger partial charge in [0.1, 0.15) is 5.82 Å². The van der Waals surface area contributed by atoms with E-state index >= 15 is 0 Å². The first kappa shape index (κ1) is 11.1. The van der Waals surface area contributed by atoms with Crippen molar-refractivity contribution in [2.24, 2.45) is 5.73 Å². The van der Waals surface area contributed by atoms with Crippen molar-refractivity contribution < 1.29 is 9.18 Å². The van der Waals surface area contributed by atoms with Crippen molar-refractivity contribution in [3.63, 3.8) is 0 Å². The molecule has 1 aliphatic rings. The van der Waals surface area contributed by atoms with E-state index in [0.29, 0.717) is 0 Å². The monoisotopic (exact) mass is 222 g/mol. The van der Waals surface area contributed by atoms with Crippen LogP contribution >= 0.6 is 0 Å². The van der Waals surface area contributed by atoms with Crippen molar-refractivity contribution in [3.8, 4) is 0 Å². The van der Waals surface area contributed by atoms with Crippen LogP contribution in [0.5, 0.6) is 0 Å². The van der Waals surface area contributed by atoms with Gasteiger partial charge in [-0.2, -0.15) is 0 Å². The lowest BCUT2D eigenvalue weighted by Crippen LogP contribution is -2.41. The summed E-state index contributed by atoms with van der Waals surface area (Å²) in [7, 11) is 1.81. The molecule has 1 amide bonds. The third kappa shape index (κ3) is 1.69. The lowest BCUT2D eigenvalue weighted by Gasteiger charge is -2.28. The van der Waals surface area contributed by atoms with Gasteiger partial charge >= 0.3 is 0 Å². The van der Waals surface area contributed by atoms with Crippen molar-refractivity contribution in [2.75, 3.05) is 7.05 Å². The highest BCUT2D eigenvalue weighted by molar-refractivity contribution is 5.76. The molecular formula is C12H15FN2O. The molecule has 16 heavy (non-hydrogen) atoms. The van der Waals surface area contributed by atoms with Gasteiger partial charge in [0.15, 0.2) is 0 Å². The zero-order valence-electron chi connectivity index (χ0n) is 9.22. The molecule has 0 bridgehead atoms. The van der Waals surface area contributed by atoms with E-state index in [1.54, 1.807) is 13.1 Å². The maximum absolute atomic E-state index is 13.1. The first-order chi connectivity index (χ1) is 7.57. The number of hydrogen-bond donors (Lipinski definition) is 2. The molecular weight excluding hydrogens is 207 g/mol. The molecule has 0 saturated heterocycles. The first-order valence-corrected chi connectivity index (χ1v) is 5.33. The fourth-order valence-corrected chi connectivity index (χ4v) is 2.55. The van der Waals surface area contributed by atoms with E-state index in [1.807, 2.05) is 0 Å². The molecule has 0 fully saturated rings. The molecule has 2 rings (SSSR count). The highest BCUT2D eigenvalue weighted by atomic mass is 19.1. The minimum atomic E-state index is -0.408. The van der Waals surface area contributed by atoms with Crippen LogP contribution in [0.25, 0.3) is 0 Å². The van der Waals surface area contributed by atoms with Crippen LogP contribution in [0.4, 0.5) is 4.39 Å². The average molecular weight is 222 g/mol. The van der Waals surface area contributed by atoms with Crippen LogP contribution < -0.4 is 11.1 Å². The average Bonchev–Trinajstić information content (AvgIpc) is 2.56. The van der Waals surface area contributed by atoms with Gasteiger partial charge in [-0.15, -0.1) is 0 Å². The molecule has 0 aromatic heterocycles. The molecule has 0 saturated carbocycles. The van der Waals surface area contributed by atoms with Crippen LogP contribution in [0.1, 0.15) is 24.0 Å². The Morgan fingerprint density at radius 2 is 2.38 bits per heavy atom. The van der Waals surface area contributed by atoms with Gasteiger partial charge in [-0.25, -0.2) is 4.39 Å². The smallest absolute Gasteiger partial charge is 0.219 e. The molecule has 1 aromatic carbocycles. The second-order valence-corrected chi connectivity index (χ2v) is 4.28. The van der Waals surface area contributed by atoms with Gasteiger partial charge in [0, 0.05) is 6.42 Å². The van der Waals surface area contributed by atoms with Crippen LogP contribution in [0.15, 0.2) is 18.2 Å². The summed E-state index contributed by atoms with van der Waals surface area (Å²) >= 11 is 0. The number of carbonyl (C=O) groups excluding carboxylic acids is 1. The Labute approximate surface area is 93.8 Å². The van der Waals surface area contributed by atoms with Crippen molar-refractivity contribution >= 4 is 5.91 Å². The van der Waals surface area contributed by atoms with E-state index in [1.165, 1.54) is 12.1 Å². The summed E-state index contributed by atoms with van der Waals surface area (Å²) in [4.78, 5) is 11.1. The van der Waals surface area contributed by atoms with Gasteiger partial charge < -0.3 is 11.1 Å². The van der Waals surface area contributed by atoms with Crippen LogP contribution in [0.2, 0.25) is 0 Å². The fourth-order valence-electron chi connectivity index (χ4n) is 2.55. The van der Waals surface area contributed by atoms with Crippen LogP contribution in [0, 0.1) is 5.82 Å². The number of hydrogen-bond acceptors (Lipinski definition) is 2. The Kier molecular flexibility index (Phi) is 2.68. The number of nitrogens with two attached hydrogens (primary N) is 1. The Hall–Kier alpha value is -1.42. The molecule has 0 heterocycles. The van der Waals surface area contributed by atoms with E-state index in [-0.39, 0.29) is 18.1 Å². The van der Waals surface area contributed by atoms with E-state index in [0.717, 1.165) is 24.0 Å². The van der Waals surface area contributed by atoms with Crippen molar-refractivity contribution in [1.82, 2.24) is 5.32 Å². The summed E-state index contributed by atoms with van der Waals surface area (Å²) in [6, 6.07) is 4.71. The summed E-state index contributed by atoms with van der Waals surface area (Å²) < 4.78 is 13.1. The molecule has 1 unspecified atom stereocenters. The van der Waals surface area contributed by atoms with Gasteiger partial charge in [0.2, 0.25) is 5.91 Å². The maximum Gasteiger partial charge on any atom is 0.219 e. The van der Waals surface area contributed by atoms with E-state index < -0.39 is 5.54 Å². The predicted octanol–water partition coefficient (Wildman–Crippen LogP) is 1.06. The second kappa shape index (κ2) is 3.87. The highest BCUT2D eigenvalue weighted by Gasteiger charge is 2.38. The van der Waals surface area contributed by atoms with Crippen molar-refractivity contribution in [1.29, 1.82) is 0 Å². The first-order valence-electron chi connectivity index (χ1n) is 5.33. The molecule has 3 nitrogen and oxygen atoms in total. The maximum atomic E-state index is 13.1. The van der Waals surface area contributed by atoms with Gasteiger partial charge in [0.25, 0.3) is 0 Å². The summed E-state index contributed by atoms with van der Waals surface area (Å²) in [5.74, 6) is -0.573. The Balaban J connectivity index is 2.43. The quantitative estimate of drug-likeness (QED) is 0.803. The zero-order chi connectivity index (χ0) is 11.8. The van der Waals surface area contributed by atoms with Crippen LogP contribution in [-0.4, -0.2) is 13.0 Å². The third-order valence-electron chi connectivity index (χ3n) is 3.36. The number of fused-ring (bicyclic) bond motifs is 1. The number of carbonyl (C=O) groups is 1. The van der Waals surface area contributed by atoms with E-state index in [9.17, 15) is 9.18 Å². The number of amides is 1. The molecule has 1 aliphatic carbocycles. The third-order valence-corrected chi connectivity index (χ3v) is 3.36. The largest absolute Gasteiger partial charge is 0.370 e. The Morgan fingerprint density at radius 1 is 1.62 bits per heavy atom. The molecule has 1 atom stereocenters. The fraction of sp³-hybridized carbons (Fsp3) is 0.417. The summed E-state index contributed by atoms with van der Waals surface area (Å²) in [6.45, 7) is 0. The van der Waals surface area contributed by atoms with E-state index in [2.05, 4.69) is 5.32 Å². The minimum absolute atomic E-state index is 0.232. The number of rotatable bonds is 3. The van der Waals surface area contributed by atoms with Gasteiger partial charge in [-0.1, -0.05) is 6.07 Å². The number of aryl methyl sites for hydroxylation is 1. The molecule has 0 aliphatic heterocycles. The van der Waals surface area contributed by atoms with Gasteiger partial charge in [-0.05, 0) is 43.1 Å². The van der Waals surface area contributed by atoms with Crippen LogP contribution in [0.3, 0.4) is 0 Å². The lowest BCUT2D eigenvalue weighted by atomic mass is 9.88.